The minimum Gasteiger partial charge on any atom is -0.305 e. The topological polar surface area (TPSA) is 82.9 Å². The number of benzene rings is 2. The van der Waals surface area contributed by atoms with E-state index in [1.165, 1.54) is 11.8 Å². The van der Waals surface area contributed by atoms with E-state index in [-0.39, 0.29) is 5.56 Å². The van der Waals surface area contributed by atoms with E-state index in [4.69, 9.17) is 11.6 Å². The second-order valence-corrected chi connectivity index (χ2v) is 8.36. The predicted molar refractivity (Wildman–Crippen MR) is 121 cm³/mol. The summed E-state index contributed by atoms with van der Waals surface area (Å²) in [6.45, 7) is 2.45. The molecule has 0 amide bonds. The molecule has 0 radical (unpaired) electrons. The van der Waals surface area contributed by atoms with Gasteiger partial charge in [0.25, 0.3) is 5.56 Å². The quantitative estimate of drug-likeness (QED) is 0.378. The van der Waals surface area contributed by atoms with Crippen LogP contribution in [0.1, 0.15) is 12.7 Å². The van der Waals surface area contributed by atoms with Crippen LogP contribution in [-0.4, -0.2) is 33.9 Å². The monoisotopic (exact) mass is 451 g/mol. The van der Waals surface area contributed by atoms with Crippen molar-refractivity contribution in [1.82, 2.24) is 33.9 Å². The molecule has 0 fully saturated rings. The third-order valence-electron chi connectivity index (χ3n) is 5.16. The lowest BCUT2D eigenvalue weighted by Gasteiger charge is -2.09. The lowest BCUT2D eigenvalue weighted by atomic mass is 10.2. The number of nitrogens with zero attached hydrogens (tertiary/aromatic N) is 7. The molecule has 8 nitrogen and oxygen atoms in total. The summed E-state index contributed by atoms with van der Waals surface area (Å²) in [5, 5.41) is 19.4. The van der Waals surface area contributed by atoms with Crippen molar-refractivity contribution in [2.75, 3.05) is 0 Å². The van der Waals surface area contributed by atoms with Gasteiger partial charge in [-0.3, -0.25) is 13.8 Å². The Kier molecular flexibility index (Phi) is 4.99. The minimum atomic E-state index is -0.0573. The Hall–Kier alpha value is -3.17. The Morgan fingerprint density at radius 3 is 2.55 bits per heavy atom. The number of para-hydroxylation sites is 1. The van der Waals surface area contributed by atoms with Crippen LogP contribution < -0.4 is 5.56 Å². The fourth-order valence-corrected chi connectivity index (χ4v) is 4.56. The van der Waals surface area contributed by atoms with Crippen molar-refractivity contribution in [3.63, 3.8) is 0 Å². The van der Waals surface area contributed by atoms with Gasteiger partial charge in [-0.25, -0.2) is 0 Å². The van der Waals surface area contributed by atoms with Crippen LogP contribution >= 0.6 is 23.4 Å². The average Bonchev–Trinajstić information content (AvgIpc) is 3.37. The van der Waals surface area contributed by atoms with E-state index < -0.39 is 0 Å². The highest BCUT2D eigenvalue weighted by atomic mass is 35.5. The molecule has 0 saturated heterocycles. The maximum absolute atomic E-state index is 12.8. The molecular weight excluding hydrogens is 434 g/mol. The van der Waals surface area contributed by atoms with Crippen LogP contribution in [0.25, 0.3) is 28.1 Å². The molecule has 5 aromatic rings. The first-order chi connectivity index (χ1) is 15.1. The first-order valence-corrected chi connectivity index (χ1v) is 11.1. The van der Waals surface area contributed by atoms with Gasteiger partial charge < -0.3 is 4.57 Å². The maximum atomic E-state index is 12.8. The lowest BCUT2D eigenvalue weighted by molar-refractivity contribution is 0.735. The normalized spacial score (nSPS) is 11.6. The second-order valence-electron chi connectivity index (χ2n) is 6.98. The first kappa shape index (κ1) is 19.8. The molecular formula is C21H18ClN7OS. The van der Waals surface area contributed by atoms with Gasteiger partial charge in [0.15, 0.2) is 11.0 Å². The van der Waals surface area contributed by atoms with E-state index in [1.54, 1.807) is 4.57 Å². The standard InChI is InChI=1S/C21H18ClN7OS/c1-3-28-19(30)15-6-4-5-7-16(15)29-17(23-25-20(28)29)12-31-21-26-24-18(27(21)2)13-8-10-14(22)11-9-13/h4-11H,3,12H2,1-2H3. The summed E-state index contributed by atoms with van der Waals surface area (Å²) in [7, 11) is 1.93. The smallest absolute Gasteiger partial charge is 0.262 e. The van der Waals surface area contributed by atoms with Gasteiger partial charge in [0.1, 0.15) is 5.82 Å². The van der Waals surface area contributed by atoms with Crippen LogP contribution in [0.15, 0.2) is 58.5 Å². The number of fused-ring (bicyclic) bond motifs is 3. The molecule has 0 spiro atoms. The van der Waals surface area contributed by atoms with Gasteiger partial charge in [-0.15, -0.1) is 20.4 Å². The van der Waals surface area contributed by atoms with Crippen molar-refractivity contribution in [2.45, 2.75) is 24.4 Å². The van der Waals surface area contributed by atoms with E-state index in [9.17, 15) is 4.79 Å². The van der Waals surface area contributed by atoms with E-state index in [0.717, 1.165) is 27.9 Å². The Morgan fingerprint density at radius 2 is 1.77 bits per heavy atom. The molecule has 0 saturated carbocycles. The summed E-state index contributed by atoms with van der Waals surface area (Å²) >= 11 is 7.51. The summed E-state index contributed by atoms with van der Waals surface area (Å²) < 4.78 is 5.53. The van der Waals surface area contributed by atoms with Crippen molar-refractivity contribution in [3.05, 3.63) is 69.7 Å². The van der Waals surface area contributed by atoms with Crippen molar-refractivity contribution in [2.24, 2.45) is 7.05 Å². The van der Waals surface area contributed by atoms with E-state index in [0.29, 0.717) is 28.5 Å². The maximum Gasteiger partial charge on any atom is 0.262 e. The Balaban J connectivity index is 1.52. The zero-order valence-electron chi connectivity index (χ0n) is 16.9. The second kappa shape index (κ2) is 7.82. The molecule has 0 atom stereocenters. The Bertz CT molecular complexity index is 1470. The molecule has 0 aliphatic carbocycles. The van der Waals surface area contributed by atoms with E-state index in [2.05, 4.69) is 20.4 Å². The minimum absolute atomic E-state index is 0.0573. The van der Waals surface area contributed by atoms with Crippen LogP contribution in [0.2, 0.25) is 5.02 Å². The van der Waals surface area contributed by atoms with Crippen molar-refractivity contribution >= 4 is 40.0 Å². The number of aryl methyl sites for hydroxylation is 1. The highest BCUT2D eigenvalue weighted by Gasteiger charge is 2.17. The molecule has 10 heteroatoms. The van der Waals surface area contributed by atoms with E-state index in [1.807, 2.05) is 71.5 Å². The fraction of sp³-hybridized carbons (Fsp3) is 0.190. The molecule has 0 bridgehead atoms. The number of thioether (sulfide) groups is 1. The highest BCUT2D eigenvalue weighted by molar-refractivity contribution is 7.98. The average molecular weight is 452 g/mol. The molecule has 3 aromatic heterocycles. The molecule has 31 heavy (non-hydrogen) atoms. The van der Waals surface area contributed by atoms with Gasteiger partial charge in [0.2, 0.25) is 5.78 Å². The third kappa shape index (κ3) is 3.30. The first-order valence-electron chi connectivity index (χ1n) is 9.72. The largest absolute Gasteiger partial charge is 0.305 e. The SMILES string of the molecule is CCn1c(=O)c2ccccc2n2c(CSc3nnc(-c4ccc(Cl)cc4)n3C)nnc12. The number of halogens is 1. The zero-order chi connectivity index (χ0) is 21.5. The Morgan fingerprint density at radius 1 is 1.00 bits per heavy atom. The molecule has 0 N–H and O–H groups in total. The Labute approximate surface area is 186 Å². The van der Waals surface area contributed by atoms with Crippen LogP contribution in [0.5, 0.6) is 0 Å². The summed E-state index contributed by atoms with van der Waals surface area (Å²) in [6.07, 6.45) is 0. The molecule has 2 aromatic carbocycles. The van der Waals surface area contributed by atoms with Gasteiger partial charge in [-0.2, -0.15) is 0 Å². The zero-order valence-corrected chi connectivity index (χ0v) is 18.4. The van der Waals surface area contributed by atoms with Crippen molar-refractivity contribution in [1.29, 1.82) is 0 Å². The molecule has 0 aliphatic rings. The molecule has 5 rings (SSSR count). The van der Waals surface area contributed by atoms with Crippen LogP contribution in [0.3, 0.4) is 0 Å². The molecule has 3 heterocycles. The van der Waals surface area contributed by atoms with Crippen LogP contribution in [0.4, 0.5) is 0 Å². The molecule has 156 valence electrons. The number of hydrogen-bond donors (Lipinski definition) is 0. The van der Waals surface area contributed by atoms with Gasteiger partial charge in [-0.05, 0) is 43.3 Å². The van der Waals surface area contributed by atoms with Crippen LogP contribution in [-0.2, 0) is 19.3 Å². The number of rotatable bonds is 5. The summed E-state index contributed by atoms with van der Waals surface area (Å²) in [4.78, 5) is 12.8. The summed E-state index contributed by atoms with van der Waals surface area (Å²) in [5.41, 5.74) is 1.68. The number of hydrogen-bond acceptors (Lipinski definition) is 6. The lowest BCUT2D eigenvalue weighted by Crippen LogP contribution is -2.22. The van der Waals surface area contributed by atoms with Crippen LogP contribution in [0, 0.1) is 0 Å². The fourth-order valence-electron chi connectivity index (χ4n) is 3.61. The van der Waals surface area contributed by atoms with E-state index >= 15 is 0 Å². The highest BCUT2D eigenvalue weighted by Crippen LogP contribution is 2.26. The number of aromatic nitrogens is 7. The van der Waals surface area contributed by atoms with Gasteiger partial charge in [0, 0.05) is 24.2 Å². The van der Waals surface area contributed by atoms with Crippen molar-refractivity contribution in [3.8, 4) is 11.4 Å². The van der Waals surface area contributed by atoms with Gasteiger partial charge >= 0.3 is 0 Å². The third-order valence-corrected chi connectivity index (χ3v) is 6.43. The molecule has 0 unspecified atom stereocenters. The van der Waals surface area contributed by atoms with Gasteiger partial charge in [-0.1, -0.05) is 35.5 Å². The summed E-state index contributed by atoms with van der Waals surface area (Å²) in [5.74, 6) is 2.58. The predicted octanol–water partition coefficient (Wildman–Crippen LogP) is 3.81. The summed E-state index contributed by atoms with van der Waals surface area (Å²) in [6, 6.07) is 15.0. The molecule has 0 aliphatic heterocycles. The van der Waals surface area contributed by atoms with Gasteiger partial charge in [0.05, 0.1) is 16.7 Å². The van der Waals surface area contributed by atoms with Crippen molar-refractivity contribution < 1.29 is 0 Å².